The lowest BCUT2D eigenvalue weighted by atomic mass is 9.67. The molecule has 7 nitrogen and oxygen atoms in total. The number of primary amides is 1. The molecule has 4 atom stereocenters. The lowest BCUT2D eigenvalue weighted by Crippen LogP contribution is -2.62. The number of hydrogen-bond acceptors (Lipinski definition) is 5. The molecule has 0 bridgehead atoms. The van der Waals surface area contributed by atoms with Crippen LogP contribution in [-0.4, -0.2) is 24.0 Å². The zero-order valence-electron chi connectivity index (χ0n) is 14.6. The molecule has 7 heteroatoms. The lowest BCUT2D eigenvalue weighted by molar-refractivity contribution is -0.153. The van der Waals surface area contributed by atoms with E-state index in [-0.39, 0.29) is 0 Å². The van der Waals surface area contributed by atoms with Crippen LogP contribution in [0.25, 0.3) is 0 Å². The molecule has 1 aliphatic rings. The van der Waals surface area contributed by atoms with Gasteiger partial charge in [0.15, 0.2) is 5.72 Å². The van der Waals surface area contributed by atoms with Gasteiger partial charge in [0.05, 0.1) is 13.2 Å². The van der Waals surface area contributed by atoms with E-state index in [1.807, 2.05) is 0 Å². The first-order chi connectivity index (χ1) is 12.9. The second kappa shape index (κ2) is 7.09. The van der Waals surface area contributed by atoms with E-state index < -0.39 is 35.3 Å². The summed E-state index contributed by atoms with van der Waals surface area (Å²) in [7, 11) is 1.52. The van der Waals surface area contributed by atoms with Crippen molar-refractivity contribution in [1.29, 1.82) is 5.26 Å². The van der Waals surface area contributed by atoms with Gasteiger partial charge in [0.25, 0.3) is 0 Å². The summed E-state index contributed by atoms with van der Waals surface area (Å²) in [6.45, 7) is 0. The highest BCUT2D eigenvalue weighted by Gasteiger charge is 2.55. The summed E-state index contributed by atoms with van der Waals surface area (Å²) in [6.07, 6.45) is 0. The number of aliphatic hydroxyl groups is 1. The summed E-state index contributed by atoms with van der Waals surface area (Å²) < 4.78 is 5.13. The van der Waals surface area contributed by atoms with E-state index in [9.17, 15) is 20.0 Å². The molecule has 138 valence electrons. The first kappa shape index (κ1) is 18.4. The van der Waals surface area contributed by atoms with Gasteiger partial charge in [0.1, 0.15) is 17.6 Å². The smallest absolute Gasteiger partial charge is 0.235 e. The van der Waals surface area contributed by atoms with Gasteiger partial charge in [-0.15, -0.1) is 0 Å². The average molecular weight is 365 g/mol. The molecule has 1 saturated heterocycles. The normalized spacial score (nSPS) is 27.3. The Bertz CT molecular complexity index is 892. The number of nitrogens with one attached hydrogen (secondary N) is 1. The largest absolute Gasteiger partial charge is 0.497 e. The van der Waals surface area contributed by atoms with Crippen molar-refractivity contribution < 1.29 is 19.4 Å². The molecule has 1 fully saturated rings. The van der Waals surface area contributed by atoms with Crippen LogP contribution in [0.1, 0.15) is 17.0 Å². The Morgan fingerprint density at radius 2 is 1.85 bits per heavy atom. The van der Waals surface area contributed by atoms with Gasteiger partial charge < -0.3 is 20.9 Å². The number of methoxy groups -OCH3 is 1. The molecule has 3 rings (SSSR count). The Hall–Kier alpha value is -3.37. The van der Waals surface area contributed by atoms with Gasteiger partial charge >= 0.3 is 0 Å². The highest BCUT2D eigenvalue weighted by Crippen LogP contribution is 2.45. The van der Waals surface area contributed by atoms with Crippen molar-refractivity contribution in [3.8, 4) is 11.8 Å². The minimum Gasteiger partial charge on any atom is -0.497 e. The molecule has 0 radical (unpaired) electrons. The number of rotatable bonds is 4. The lowest BCUT2D eigenvalue weighted by Gasteiger charge is -2.44. The Kier molecular flexibility index (Phi) is 4.84. The predicted molar refractivity (Wildman–Crippen MR) is 96.0 cm³/mol. The number of hydrogen-bond donors (Lipinski definition) is 3. The van der Waals surface area contributed by atoms with Crippen LogP contribution in [0.4, 0.5) is 0 Å². The van der Waals surface area contributed by atoms with Crippen LogP contribution < -0.4 is 15.8 Å². The molecule has 2 amide bonds. The molecule has 1 aliphatic heterocycles. The minimum atomic E-state index is -1.95. The van der Waals surface area contributed by atoms with E-state index in [4.69, 9.17) is 10.5 Å². The first-order valence-corrected chi connectivity index (χ1v) is 8.35. The summed E-state index contributed by atoms with van der Waals surface area (Å²) in [6, 6.07) is 17.1. The number of carbonyl (C=O) groups is 2. The predicted octanol–water partition coefficient (Wildman–Crippen LogP) is 0.995. The first-order valence-electron chi connectivity index (χ1n) is 8.35. The topological polar surface area (TPSA) is 125 Å². The Morgan fingerprint density at radius 3 is 2.37 bits per heavy atom. The molecule has 0 aliphatic carbocycles. The SMILES string of the molecule is COc1ccc([C@@H]2[C@H](C(N)=O)C(=O)N[C@](O)(c3ccccc3)[C@@H]2C#N)cc1. The van der Waals surface area contributed by atoms with Crippen LogP contribution in [0, 0.1) is 23.2 Å². The number of ether oxygens (including phenoxy) is 1. The maximum absolute atomic E-state index is 12.7. The minimum absolute atomic E-state index is 0.353. The van der Waals surface area contributed by atoms with Crippen LogP contribution in [0.15, 0.2) is 54.6 Å². The van der Waals surface area contributed by atoms with Crippen molar-refractivity contribution in [3.05, 3.63) is 65.7 Å². The summed E-state index contributed by atoms with van der Waals surface area (Å²) in [4.78, 5) is 24.7. The van der Waals surface area contributed by atoms with Crippen LogP contribution in [0.5, 0.6) is 5.75 Å². The van der Waals surface area contributed by atoms with Crippen LogP contribution in [-0.2, 0) is 15.3 Å². The van der Waals surface area contributed by atoms with Gasteiger partial charge in [-0.1, -0.05) is 42.5 Å². The molecule has 0 aromatic heterocycles. The number of amides is 2. The van der Waals surface area contributed by atoms with E-state index >= 15 is 0 Å². The standard InChI is InChI=1S/C20H19N3O4/c1-27-14-9-7-12(8-10-14)16-15(11-21)20(26,13-5-3-2-4-6-13)23-19(25)17(16)18(22)24/h2-10,15-17,26H,1H3,(H2,22,24)(H,23,25)/t15-,16+,17-,20+/m1/s1. The Labute approximate surface area is 156 Å². The van der Waals surface area contributed by atoms with Gasteiger partial charge in [-0.25, -0.2) is 0 Å². The third-order valence-corrected chi connectivity index (χ3v) is 4.92. The fourth-order valence-electron chi connectivity index (χ4n) is 3.59. The molecule has 2 aromatic rings. The summed E-state index contributed by atoms with van der Waals surface area (Å²) in [5.41, 5.74) is 4.41. The zero-order chi connectivity index (χ0) is 19.6. The monoisotopic (exact) mass is 365 g/mol. The highest BCUT2D eigenvalue weighted by molar-refractivity contribution is 6.01. The van der Waals surface area contributed by atoms with Gasteiger partial charge in [0, 0.05) is 11.5 Å². The third kappa shape index (κ3) is 3.11. The number of nitrogens with zero attached hydrogens (tertiary/aromatic N) is 1. The summed E-state index contributed by atoms with van der Waals surface area (Å²) >= 11 is 0. The molecule has 1 heterocycles. The number of carbonyl (C=O) groups excluding carboxylic acids is 2. The van der Waals surface area contributed by atoms with E-state index in [1.165, 1.54) is 7.11 Å². The van der Waals surface area contributed by atoms with Crippen LogP contribution in [0.2, 0.25) is 0 Å². The summed E-state index contributed by atoms with van der Waals surface area (Å²) in [5, 5.41) is 23.6. The van der Waals surface area contributed by atoms with E-state index in [2.05, 4.69) is 11.4 Å². The van der Waals surface area contributed by atoms with Gasteiger partial charge in [-0.3, -0.25) is 9.59 Å². The number of piperidine rings is 1. The van der Waals surface area contributed by atoms with Crippen molar-refractivity contribution >= 4 is 11.8 Å². The molecule has 0 saturated carbocycles. The van der Waals surface area contributed by atoms with Crippen molar-refractivity contribution in [1.82, 2.24) is 5.32 Å². The Morgan fingerprint density at radius 1 is 1.22 bits per heavy atom. The number of nitrogens with two attached hydrogens (primary N) is 1. The quantitative estimate of drug-likeness (QED) is 0.697. The fourth-order valence-corrected chi connectivity index (χ4v) is 3.59. The molecule has 2 aromatic carbocycles. The molecule has 0 spiro atoms. The summed E-state index contributed by atoms with van der Waals surface area (Å²) in [5.74, 6) is -4.33. The second-order valence-corrected chi connectivity index (χ2v) is 6.41. The zero-order valence-corrected chi connectivity index (χ0v) is 14.6. The van der Waals surface area contributed by atoms with Gasteiger partial charge in [-0.2, -0.15) is 5.26 Å². The van der Waals surface area contributed by atoms with Gasteiger partial charge in [-0.05, 0) is 17.7 Å². The number of benzene rings is 2. The van der Waals surface area contributed by atoms with Crippen molar-refractivity contribution in [3.63, 3.8) is 0 Å². The molecule has 4 N–H and O–H groups in total. The van der Waals surface area contributed by atoms with Crippen molar-refractivity contribution in [2.45, 2.75) is 11.6 Å². The Balaban J connectivity index is 2.16. The fraction of sp³-hybridized carbons (Fsp3) is 0.250. The average Bonchev–Trinajstić information content (AvgIpc) is 2.68. The molecule has 0 unspecified atom stereocenters. The molecular weight excluding hydrogens is 346 g/mol. The van der Waals surface area contributed by atoms with Crippen LogP contribution in [0.3, 0.4) is 0 Å². The van der Waals surface area contributed by atoms with E-state index in [1.54, 1.807) is 54.6 Å². The highest BCUT2D eigenvalue weighted by atomic mass is 16.5. The number of nitriles is 1. The van der Waals surface area contributed by atoms with E-state index in [0.29, 0.717) is 16.9 Å². The maximum Gasteiger partial charge on any atom is 0.235 e. The molecule has 27 heavy (non-hydrogen) atoms. The van der Waals surface area contributed by atoms with Crippen molar-refractivity contribution in [2.24, 2.45) is 17.6 Å². The van der Waals surface area contributed by atoms with Crippen molar-refractivity contribution in [2.75, 3.05) is 7.11 Å². The van der Waals surface area contributed by atoms with Gasteiger partial charge in [0.2, 0.25) is 11.8 Å². The maximum atomic E-state index is 12.7. The third-order valence-electron chi connectivity index (χ3n) is 4.92. The second-order valence-electron chi connectivity index (χ2n) is 6.41. The molecular formula is C20H19N3O4. The van der Waals surface area contributed by atoms with Crippen LogP contribution >= 0.6 is 0 Å². The van der Waals surface area contributed by atoms with E-state index in [0.717, 1.165) is 0 Å².